The van der Waals surface area contributed by atoms with Gasteiger partial charge in [-0.3, -0.25) is 4.90 Å². The first-order valence-corrected chi connectivity index (χ1v) is 7.34. The predicted octanol–water partition coefficient (Wildman–Crippen LogP) is 2.02. The zero-order valence-electron chi connectivity index (χ0n) is 11.5. The van der Waals surface area contributed by atoms with Crippen molar-refractivity contribution < 1.29 is 4.74 Å². The summed E-state index contributed by atoms with van der Waals surface area (Å²) < 4.78 is 5.73. The number of hydrogen-bond donors (Lipinski definition) is 1. The first kappa shape index (κ1) is 13.3. The molecule has 0 amide bonds. The van der Waals surface area contributed by atoms with Crippen molar-refractivity contribution >= 4 is 0 Å². The molecule has 1 heterocycles. The van der Waals surface area contributed by atoms with Gasteiger partial charge in [0.25, 0.3) is 0 Å². The Morgan fingerprint density at radius 1 is 1.35 bits per heavy atom. The third kappa shape index (κ3) is 4.57. The lowest BCUT2D eigenvalue weighted by Crippen LogP contribution is -2.43. The SMILES string of the molecule is CCCC(CNC1CC1)N(C)CC1CCCO1. The second-order valence-corrected chi connectivity index (χ2v) is 5.70. The van der Waals surface area contributed by atoms with Crippen molar-refractivity contribution in [3.05, 3.63) is 0 Å². The molecule has 17 heavy (non-hydrogen) atoms. The van der Waals surface area contributed by atoms with Crippen molar-refractivity contribution in [2.45, 2.75) is 63.6 Å². The maximum atomic E-state index is 5.73. The fourth-order valence-corrected chi connectivity index (χ4v) is 2.66. The molecule has 1 aliphatic heterocycles. The Balaban J connectivity index is 1.71. The van der Waals surface area contributed by atoms with Crippen molar-refractivity contribution in [1.82, 2.24) is 10.2 Å². The van der Waals surface area contributed by atoms with Crippen LogP contribution < -0.4 is 5.32 Å². The van der Waals surface area contributed by atoms with Crippen LogP contribution in [-0.4, -0.2) is 49.8 Å². The minimum absolute atomic E-state index is 0.486. The summed E-state index contributed by atoms with van der Waals surface area (Å²) in [7, 11) is 2.26. The molecule has 1 N–H and O–H groups in total. The van der Waals surface area contributed by atoms with E-state index in [0.717, 1.165) is 25.7 Å². The van der Waals surface area contributed by atoms with Gasteiger partial charge in [-0.1, -0.05) is 13.3 Å². The summed E-state index contributed by atoms with van der Waals surface area (Å²) in [5.74, 6) is 0. The van der Waals surface area contributed by atoms with E-state index in [1.165, 1.54) is 38.5 Å². The van der Waals surface area contributed by atoms with Crippen LogP contribution in [0.5, 0.6) is 0 Å². The van der Waals surface area contributed by atoms with E-state index in [4.69, 9.17) is 4.74 Å². The Hall–Kier alpha value is -0.120. The first-order valence-electron chi connectivity index (χ1n) is 7.34. The van der Waals surface area contributed by atoms with E-state index in [1.54, 1.807) is 0 Å². The van der Waals surface area contributed by atoms with E-state index >= 15 is 0 Å². The van der Waals surface area contributed by atoms with Gasteiger partial charge in [-0.2, -0.15) is 0 Å². The molecule has 0 radical (unpaired) electrons. The third-order valence-electron chi connectivity index (χ3n) is 3.98. The molecule has 0 aromatic rings. The van der Waals surface area contributed by atoms with Crippen LogP contribution in [0.2, 0.25) is 0 Å². The number of nitrogens with one attached hydrogen (secondary N) is 1. The number of rotatable bonds is 8. The van der Waals surface area contributed by atoms with Crippen LogP contribution in [0.4, 0.5) is 0 Å². The zero-order valence-corrected chi connectivity index (χ0v) is 11.5. The molecule has 3 nitrogen and oxygen atoms in total. The molecular weight excluding hydrogens is 212 g/mol. The summed E-state index contributed by atoms with van der Waals surface area (Å²) in [5, 5.41) is 3.66. The third-order valence-corrected chi connectivity index (χ3v) is 3.98. The lowest BCUT2D eigenvalue weighted by atomic mass is 10.1. The second kappa shape index (κ2) is 6.72. The van der Waals surface area contributed by atoms with Crippen LogP contribution >= 0.6 is 0 Å². The molecule has 2 aliphatic rings. The van der Waals surface area contributed by atoms with Crippen molar-refractivity contribution in [2.24, 2.45) is 0 Å². The minimum Gasteiger partial charge on any atom is -0.377 e. The molecule has 2 fully saturated rings. The topological polar surface area (TPSA) is 24.5 Å². The lowest BCUT2D eigenvalue weighted by molar-refractivity contribution is 0.0661. The molecule has 1 saturated heterocycles. The molecule has 0 spiro atoms. The van der Waals surface area contributed by atoms with Gasteiger partial charge in [-0.05, 0) is 39.2 Å². The Morgan fingerprint density at radius 3 is 2.76 bits per heavy atom. The molecule has 2 unspecified atom stereocenters. The summed E-state index contributed by atoms with van der Waals surface area (Å²) in [5.41, 5.74) is 0. The highest BCUT2D eigenvalue weighted by Crippen LogP contribution is 2.20. The van der Waals surface area contributed by atoms with Crippen LogP contribution in [0.3, 0.4) is 0 Å². The van der Waals surface area contributed by atoms with E-state index in [-0.39, 0.29) is 0 Å². The molecule has 0 aromatic carbocycles. The fraction of sp³-hybridized carbons (Fsp3) is 1.00. The maximum Gasteiger partial charge on any atom is 0.0702 e. The van der Waals surface area contributed by atoms with E-state index in [1.807, 2.05) is 0 Å². The summed E-state index contributed by atoms with van der Waals surface area (Å²) in [6.07, 6.45) is 8.31. The quantitative estimate of drug-likeness (QED) is 0.702. The van der Waals surface area contributed by atoms with Gasteiger partial charge in [0, 0.05) is 31.8 Å². The summed E-state index contributed by atoms with van der Waals surface area (Å²) >= 11 is 0. The molecule has 0 bridgehead atoms. The summed E-state index contributed by atoms with van der Waals surface area (Å²) in [6, 6.07) is 1.51. The van der Waals surface area contributed by atoms with Crippen molar-refractivity contribution in [2.75, 3.05) is 26.7 Å². The van der Waals surface area contributed by atoms with Gasteiger partial charge >= 0.3 is 0 Å². The molecule has 2 rings (SSSR count). The van der Waals surface area contributed by atoms with E-state index in [9.17, 15) is 0 Å². The highest BCUT2D eigenvalue weighted by molar-refractivity contribution is 4.84. The van der Waals surface area contributed by atoms with Crippen LogP contribution in [-0.2, 0) is 4.74 Å². The Morgan fingerprint density at radius 2 is 2.18 bits per heavy atom. The van der Waals surface area contributed by atoms with E-state index in [0.29, 0.717) is 12.1 Å². The van der Waals surface area contributed by atoms with E-state index < -0.39 is 0 Å². The minimum atomic E-state index is 0.486. The zero-order chi connectivity index (χ0) is 12.1. The molecule has 0 aromatic heterocycles. The van der Waals surface area contributed by atoms with Crippen LogP contribution in [0.1, 0.15) is 45.4 Å². The summed E-state index contributed by atoms with van der Waals surface area (Å²) in [6.45, 7) is 5.51. The molecule has 1 aliphatic carbocycles. The maximum absolute atomic E-state index is 5.73. The number of nitrogens with zero attached hydrogens (tertiary/aromatic N) is 1. The van der Waals surface area contributed by atoms with E-state index in [2.05, 4.69) is 24.2 Å². The van der Waals surface area contributed by atoms with Crippen molar-refractivity contribution in [3.8, 4) is 0 Å². The highest BCUT2D eigenvalue weighted by atomic mass is 16.5. The summed E-state index contributed by atoms with van der Waals surface area (Å²) in [4.78, 5) is 2.51. The molecule has 2 atom stereocenters. The number of ether oxygens (including phenoxy) is 1. The number of hydrogen-bond acceptors (Lipinski definition) is 3. The average Bonchev–Trinajstić information content (AvgIpc) is 3.01. The first-order chi connectivity index (χ1) is 8.29. The Labute approximate surface area is 106 Å². The normalized spacial score (nSPS) is 26.6. The predicted molar refractivity (Wildman–Crippen MR) is 71.3 cm³/mol. The standard InChI is InChI=1S/C14H28N2O/c1-3-5-13(10-15-12-7-8-12)16(2)11-14-6-4-9-17-14/h12-15H,3-11H2,1-2H3. The highest BCUT2D eigenvalue weighted by Gasteiger charge is 2.25. The largest absolute Gasteiger partial charge is 0.377 e. The smallest absolute Gasteiger partial charge is 0.0702 e. The van der Waals surface area contributed by atoms with Gasteiger partial charge < -0.3 is 10.1 Å². The van der Waals surface area contributed by atoms with Crippen molar-refractivity contribution in [3.63, 3.8) is 0 Å². The molecular formula is C14H28N2O. The van der Waals surface area contributed by atoms with Gasteiger partial charge in [-0.15, -0.1) is 0 Å². The molecule has 100 valence electrons. The average molecular weight is 240 g/mol. The Kier molecular flexibility index (Phi) is 5.26. The van der Waals surface area contributed by atoms with Gasteiger partial charge in [0.05, 0.1) is 6.10 Å². The van der Waals surface area contributed by atoms with Gasteiger partial charge in [0.15, 0.2) is 0 Å². The number of likely N-dealkylation sites (N-methyl/N-ethyl adjacent to an activating group) is 1. The van der Waals surface area contributed by atoms with Crippen LogP contribution in [0.15, 0.2) is 0 Å². The Bertz CT molecular complexity index is 212. The fourth-order valence-electron chi connectivity index (χ4n) is 2.66. The molecule has 3 heteroatoms. The van der Waals surface area contributed by atoms with Gasteiger partial charge in [-0.25, -0.2) is 0 Å². The van der Waals surface area contributed by atoms with Crippen molar-refractivity contribution in [1.29, 1.82) is 0 Å². The van der Waals surface area contributed by atoms with Gasteiger partial charge in [0.2, 0.25) is 0 Å². The van der Waals surface area contributed by atoms with Gasteiger partial charge in [0.1, 0.15) is 0 Å². The second-order valence-electron chi connectivity index (χ2n) is 5.70. The van der Waals surface area contributed by atoms with Crippen LogP contribution in [0.25, 0.3) is 0 Å². The monoisotopic (exact) mass is 240 g/mol. The lowest BCUT2D eigenvalue weighted by Gasteiger charge is -2.30. The van der Waals surface area contributed by atoms with Crippen LogP contribution in [0, 0.1) is 0 Å². The molecule has 1 saturated carbocycles.